The Morgan fingerprint density at radius 2 is 2.05 bits per heavy atom. The molecule has 0 radical (unpaired) electrons. The average Bonchev–Trinajstić information content (AvgIpc) is 2.56. The van der Waals surface area contributed by atoms with Gasteiger partial charge in [0.05, 0.1) is 11.7 Å². The second-order valence-corrected chi connectivity index (χ2v) is 6.45. The Bertz CT molecular complexity index is 416. The smallest absolute Gasteiger partial charge is 0.0607 e. The van der Waals surface area contributed by atoms with Gasteiger partial charge in [0.25, 0.3) is 0 Å². The summed E-state index contributed by atoms with van der Waals surface area (Å²) in [6.07, 6.45) is 11.1. The number of nitrogens with one attached hydrogen (secondary N) is 1. The lowest BCUT2D eigenvalue weighted by Gasteiger charge is -2.37. The Morgan fingerprint density at radius 3 is 2.76 bits per heavy atom. The van der Waals surface area contributed by atoms with E-state index in [4.69, 9.17) is 4.98 Å². The SMILES string of the molecule is CCCNC(c1ncccc1CC)C1CCCCC1CC. The number of rotatable bonds is 7. The lowest BCUT2D eigenvalue weighted by Crippen LogP contribution is -2.36. The Hall–Kier alpha value is -0.890. The molecular formula is C19H32N2. The van der Waals surface area contributed by atoms with Gasteiger partial charge in [0.2, 0.25) is 0 Å². The van der Waals surface area contributed by atoms with Gasteiger partial charge in [-0.2, -0.15) is 0 Å². The Balaban J connectivity index is 2.28. The summed E-state index contributed by atoms with van der Waals surface area (Å²) in [6.45, 7) is 7.95. The maximum atomic E-state index is 4.78. The number of aromatic nitrogens is 1. The van der Waals surface area contributed by atoms with Gasteiger partial charge in [0.1, 0.15) is 0 Å². The first-order valence-corrected chi connectivity index (χ1v) is 8.98. The second kappa shape index (κ2) is 8.53. The predicted molar refractivity (Wildman–Crippen MR) is 90.4 cm³/mol. The predicted octanol–water partition coefficient (Wildman–Crippen LogP) is 4.90. The van der Waals surface area contributed by atoms with Crippen LogP contribution in [0.15, 0.2) is 18.3 Å². The van der Waals surface area contributed by atoms with Crippen molar-refractivity contribution in [3.05, 3.63) is 29.6 Å². The Kier molecular flexibility index (Phi) is 6.69. The zero-order valence-electron chi connectivity index (χ0n) is 14.1. The molecule has 0 aliphatic heterocycles. The average molecular weight is 288 g/mol. The summed E-state index contributed by atoms with van der Waals surface area (Å²) >= 11 is 0. The third kappa shape index (κ3) is 4.06. The largest absolute Gasteiger partial charge is 0.308 e. The van der Waals surface area contributed by atoms with Gasteiger partial charge < -0.3 is 5.32 Å². The molecule has 0 bridgehead atoms. The molecule has 118 valence electrons. The molecule has 0 saturated heterocycles. The minimum absolute atomic E-state index is 0.450. The van der Waals surface area contributed by atoms with Crippen molar-refractivity contribution in [2.45, 2.75) is 71.8 Å². The topological polar surface area (TPSA) is 24.9 Å². The maximum Gasteiger partial charge on any atom is 0.0607 e. The highest BCUT2D eigenvalue weighted by Crippen LogP contribution is 2.40. The van der Waals surface area contributed by atoms with Crippen LogP contribution in [-0.4, -0.2) is 11.5 Å². The van der Waals surface area contributed by atoms with Crippen LogP contribution in [0.25, 0.3) is 0 Å². The van der Waals surface area contributed by atoms with Crippen molar-refractivity contribution < 1.29 is 0 Å². The van der Waals surface area contributed by atoms with E-state index in [1.165, 1.54) is 49.8 Å². The fourth-order valence-electron chi connectivity index (χ4n) is 3.96. The molecule has 1 N–H and O–H groups in total. The van der Waals surface area contributed by atoms with Crippen LogP contribution in [0.1, 0.15) is 76.6 Å². The Labute approximate surface area is 130 Å². The van der Waals surface area contributed by atoms with E-state index in [2.05, 4.69) is 38.2 Å². The molecule has 0 spiro atoms. The summed E-state index contributed by atoms with van der Waals surface area (Å²) in [6, 6.07) is 4.79. The minimum Gasteiger partial charge on any atom is -0.308 e. The quantitative estimate of drug-likeness (QED) is 0.772. The van der Waals surface area contributed by atoms with Crippen LogP contribution in [0.2, 0.25) is 0 Å². The van der Waals surface area contributed by atoms with Crippen LogP contribution in [0.5, 0.6) is 0 Å². The van der Waals surface area contributed by atoms with E-state index in [0.717, 1.165) is 24.8 Å². The molecule has 3 unspecified atom stereocenters. The molecule has 2 rings (SSSR count). The van der Waals surface area contributed by atoms with Crippen molar-refractivity contribution in [2.75, 3.05) is 6.54 Å². The lowest BCUT2D eigenvalue weighted by molar-refractivity contribution is 0.173. The van der Waals surface area contributed by atoms with E-state index in [-0.39, 0.29) is 0 Å². The number of pyridine rings is 1. The highest BCUT2D eigenvalue weighted by molar-refractivity contribution is 5.24. The fourth-order valence-corrected chi connectivity index (χ4v) is 3.96. The van der Waals surface area contributed by atoms with Crippen LogP contribution in [0.3, 0.4) is 0 Å². The minimum atomic E-state index is 0.450. The lowest BCUT2D eigenvalue weighted by atomic mass is 9.72. The summed E-state index contributed by atoms with van der Waals surface area (Å²) in [5.74, 6) is 1.62. The van der Waals surface area contributed by atoms with Gasteiger partial charge in [-0.15, -0.1) is 0 Å². The fraction of sp³-hybridized carbons (Fsp3) is 0.737. The van der Waals surface area contributed by atoms with Crippen molar-refractivity contribution in [1.29, 1.82) is 0 Å². The maximum absolute atomic E-state index is 4.78. The molecule has 2 heteroatoms. The molecular weight excluding hydrogens is 256 g/mol. The second-order valence-electron chi connectivity index (χ2n) is 6.45. The van der Waals surface area contributed by atoms with Crippen LogP contribution in [0.4, 0.5) is 0 Å². The zero-order valence-corrected chi connectivity index (χ0v) is 14.1. The third-order valence-electron chi connectivity index (χ3n) is 5.14. The first-order chi connectivity index (χ1) is 10.3. The molecule has 1 aromatic rings. The van der Waals surface area contributed by atoms with E-state index in [0.29, 0.717) is 6.04 Å². The summed E-state index contributed by atoms with van der Waals surface area (Å²) in [5.41, 5.74) is 2.74. The summed E-state index contributed by atoms with van der Waals surface area (Å²) in [4.78, 5) is 4.78. The van der Waals surface area contributed by atoms with E-state index >= 15 is 0 Å². The standard InChI is InChI=1S/C19H32N2/c1-4-13-20-19(17-12-8-7-10-15(17)5-2)18-16(6-3)11-9-14-21-18/h9,11,14-15,17,19-20H,4-8,10,12-13H2,1-3H3. The molecule has 1 aliphatic rings. The monoisotopic (exact) mass is 288 g/mol. The van der Waals surface area contributed by atoms with Crippen molar-refractivity contribution in [3.63, 3.8) is 0 Å². The van der Waals surface area contributed by atoms with Crippen molar-refractivity contribution in [2.24, 2.45) is 11.8 Å². The highest BCUT2D eigenvalue weighted by Gasteiger charge is 2.32. The van der Waals surface area contributed by atoms with Gasteiger partial charge in [-0.3, -0.25) is 4.98 Å². The van der Waals surface area contributed by atoms with Gasteiger partial charge in [-0.25, -0.2) is 0 Å². The van der Waals surface area contributed by atoms with Gasteiger partial charge >= 0.3 is 0 Å². The van der Waals surface area contributed by atoms with Crippen LogP contribution < -0.4 is 5.32 Å². The van der Waals surface area contributed by atoms with Gasteiger partial charge in [-0.05, 0) is 49.3 Å². The number of nitrogens with zero attached hydrogens (tertiary/aromatic N) is 1. The van der Waals surface area contributed by atoms with Gasteiger partial charge in [0, 0.05) is 6.20 Å². The molecule has 0 amide bonds. The van der Waals surface area contributed by atoms with Crippen molar-refractivity contribution >= 4 is 0 Å². The summed E-state index contributed by atoms with van der Waals surface area (Å²) < 4.78 is 0. The molecule has 1 saturated carbocycles. The first-order valence-electron chi connectivity index (χ1n) is 8.98. The van der Waals surface area contributed by atoms with Crippen LogP contribution in [0, 0.1) is 11.8 Å². The number of aryl methyl sites for hydroxylation is 1. The molecule has 0 aromatic carbocycles. The van der Waals surface area contributed by atoms with E-state index in [1.807, 2.05) is 6.20 Å². The zero-order chi connectivity index (χ0) is 15.1. The van der Waals surface area contributed by atoms with E-state index in [9.17, 15) is 0 Å². The van der Waals surface area contributed by atoms with Crippen LogP contribution >= 0.6 is 0 Å². The van der Waals surface area contributed by atoms with E-state index in [1.54, 1.807) is 0 Å². The summed E-state index contributed by atoms with van der Waals surface area (Å²) in [7, 11) is 0. The number of hydrogen-bond donors (Lipinski definition) is 1. The normalized spacial score (nSPS) is 24.0. The molecule has 3 atom stereocenters. The summed E-state index contributed by atoms with van der Waals surface area (Å²) in [5, 5.41) is 3.83. The third-order valence-corrected chi connectivity index (χ3v) is 5.14. The molecule has 2 nitrogen and oxygen atoms in total. The molecule has 1 aliphatic carbocycles. The van der Waals surface area contributed by atoms with Crippen molar-refractivity contribution in [3.8, 4) is 0 Å². The van der Waals surface area contributed by atoms with Gasteiger partial charge in [0.15, 0.2) is 0 Å². The molecule has 1 heterocycles. The number of hydrogen-bond acceptors (Lipinski definition) is 2. The van der Waals surface area contributed by atoms with Gasteiger partial charge in [-0.1, -0.05) is 52.5 Å². The van der Waals surface area contributed by atoms with E-state index < -0.39 is 0 Å². The van der Waals surface area contributed by atoms with Crippen molar-refractivity contribution in [1.82, 2.24) is 10.3 Å². The first kappa shape index (κ1) is 16.5. The van der Waals surface area contributed by atoms with Crippen LogP contribution in [-0.2, 0) is 6.42 Å². The highest BCUT2D eigenvalue weighted by atomic mass is 14.9. The molecule has 21 heavy (non-hydrogen) atoms. The Morgan fingerprint density at radius 1 is 1.24 bits per heavy atom. The molecule has 1 fully saturated rings. The molecule has 1 aromatic heterocycles.